The molecule has 0 amide bonds. The summed E-state index contributed by atoms with van der Waals surface area (Å²) < 4.78 is 12.3. The Balaban J connectivity index is 2.22. The number of hydrogen-bond donors (Lipinski definition) is 1. The third kappa shape index (κ3) is 3.06. The largest absolute Gasteiger partial charge is 0.496 e. The summed E-state index contributed by atoms with van der Waals surface area (Å²) in [7, 11) is 3.36. The SMILES string of the molecule is COCCNc1nccn1-c1ccc(OC)c(C)c1. The van der Waals surface area contributed by atoms with Gasteiger partial charge in [-0.05, 0) is 30.7 Å². The minimum atomic E-state index is 0.647. The highest BCUT2D eigenvalue weighted by atomic mass is 16.5. The van der Waals surface area contributed by atoms with Gasteiger partial charge in [-0.2, -0.15) is 0 Å². The molecule has 2 rings (SSSR count). The van der Waals surface area contributed by atoms with Gasteiger partial charge in [0.15, 0.2) is 0 Å². The van der Waals surface area contributed by atoms with Gasteiger partial charge in [0, 0.05) is 31.7 Å². The number of imidazole rings is 1. The molecule has 0 radical (unpaired) electrons. The van der Waals surface area contributed by atoms with Crippen molar-refractivity contribution in [3.05, 3.63) is 36.2 Å². The Morgan fingerprint density at radius 1 is 1.32 bits per heavy atom. The summed E-state index contributed by atoms with van der Waals surface area (Å²) in [6, 6.07) is 6.04. The molecule has 0 unspecified atom stereocenters. The Morgan fingerprint density at radius 2 is 2.16 bits per heavy atom. The second-order valence-electron chi connectivity index (χ2n) is 4.19. The number of hydrogen-bond acceptors (Lipinski definition) is 4. The van der Waals surface area contributed by atoms with Gasteiger partial charge in [-0.15, -0.1) is 0 Å². The molecule has 0 atom stereocenters. The smallest absolute Gasteiger partial charge is 0.207 e. The van der Waals surface area contributed by atoms with E-state index in [9.17, 15) is 0 Å². The van der Waals surface area contributed by atoms with Crippen LogP contribution < -0.4 is 10.1 Å². The number of benzene rings is 1. The van der Waals surface area contributed by atoms with E-state index in [1.165, 1.54) is 0 Å². The van der Waals surface area contributed by atoms with E-state index in [0.29, 0.717) is 6.61 Å². The number of nitrogens with one attached hydrogen (secondary N) is 1. The van der Waals surface area contributed by atoms with Crippen LogP contribution in [0.3, 0.4) is 0 Å². The van der Waals surface area contributed by atoms with Crippen molar-refractivity contribution in [2.24, 2.45) is 0 Å². The summed E-state index contributed by atoms with van der Waals surface area (Å²) in [6.45, 7) is 3.40. The van der Waals surface area contributed by atoms with Crippen LogP contribution in [0.4, 0.5) is 5.95 Å². The number of ether oxygens (including phenoxy) is 2. The van der Waals surface area contributed by atoms with Crippen LogP contribution >= 0.6 is 0 Å². The highest BCUT2D eigenvalue weighted by Crippen LogP contribution is 2.22. The van der Waals surface area contributed by atoms with E-state index in [1.807, 2.05) is 29.8 Å². The highest BCUT2D eigenvalue weighted by Gasteiger charge is 2.06. The summed E-state index contributed by atoms with van der Waals surface area (Å²) in [6.07, 6.45) is 3.70. The molecule has 0 aliphatic carbocycles. The molecule has 1 aromatic carbocycles. The molecule has 0 saturated carbocycles. The van der Waals surface area contributed by atoms with Crippen molar-refractivity contribution in [2.45, 2.75) is 6.92 Å². The first kappa shape index (κ1) is 13.4. The van der Waals surface area contributed by atoms with E-state index in [2.05, 4.69) is 16.4 Å². The lowest BCUT2D eigenvalue weighted by atomic mass is 10.2. The zero-order valence-corrected chi connectivity index (χ0v) is 11.5. The fraction of sp³-hybridized carbons (Fsp3) is 0.357. The van der Waals surface area contributed by atoms with Gasteiger partial charge in [0.05, 0.1) is 13.7 Å². The van der Waals surface area contributed by atoms with Gasteiger partial charge in [0.25, 0.3) is 0 Å². The monoisotopic (exact) mass is 261 g/mol. The minimum absolute atomic E-state index is 0.647. The number of rotatable bonds is 6. The summed E-state index contributed by atoms with van der Waals surface area (Å²) >= 11 is 0. The van der Waals surface area contributed by atoms with Crippen LogP contribution in [-0.4, -0.2) is 36.9 Å². The maximum atomic E-state index is 5.27. The van der Waals surface area contributed by atoms with Crippen LogP contribution in [0.15, 0.2) is 30.6 Å². The molecule has 0 saturated heterocycles. The number of nitrogens with zero attached hydrogens (tertiary/aromatic N) is 2. The summed E-state index contributed by atoms with van der Waals surface area (Å²) in [5.74, 6) is 1.69. The van der Waals surface area contributed by atoms with Crippen LogP contribution in [0.1, 0.15) is 5.56 Å². The van der Waals surface area contributed by atoms with E-state index in [1.54, 1.807) is 20.4 Å². The maximum Gasteiger partial charge on any atom is 0.207 e. The van der Waals surface area contributed by atoms with Crippen molar-refractivity contribution >= 4 is 5.95 Å². The minimum Gasteiger partial charge on any atom is -0.496 e. The molecule has 19 heavy (non-hydrogen) atoms. The first-order valence-corrected chi connectivity index (χ1v) is 6.17. The zero-order valence-electron chi connectivity index (χ0n) is 11.5. The van der Waals surface area contributed by atoms with Gasteiger partial charge in [0.2, 0.25) is 5.95 Å². The summed E-state index contributed by atoms with van der Waals surface area (Å²) in [4.78, 5) is 4.30. The number of anilines is 1. The lowest BCUT2D eigenvalue weighted by molar-refractivity contribution is 0.210. The molecule has 0 aliphatic rings. The van der Waals surface area contributed by atoms with Crippen LogP contribution in [0, 0.1) is 6.92 Å². The van der Waals surface area contributed by atoms with Crippen molar-refractivity contribution in [2.75, 3.05) is 32.7 Å². The van der Waals surface area contributed by atoms with Crippen molar-refractivity contribution in [1.29, 1.82) is 0 Å². The van der Waals surface area contributed by atoms with Crippen LogP contribution in [0.5, 0.6) is 5.75 Å². The Bertz CT molecular complexity index is 537. The average Bonchev–Trinajstić information content (AvgIpc) is 2.87. The normalized spacial score (nSPS) is 10.5. The first-order chi connectivity index (χ1) is 9.26. The first-order valence-electron chi connectivity index (χ1n) is 6.17. The van der Waals surface area contributed by atoms with E-state index in [4.69, 9.17) is 9.47 Å². The van der Waals surface area contributed by atoms with Gasteiger partial charge in [-0.25, -0.2) is 4.98 Å². The van der Waals surface area contributed by atoms with E-state index in [0.717, 1.165) is 29.5 Å². The number of aromatic nitrogens is 2. The van der Waals surface area contributed by atoms with Gasteiger partial charge >= 0.3 is 0 Å². The molecule has 1 heterocycles. The fourth-order valence-electron chi connectivity index (χ4n) is 1.92. The predicted molar refractivity (Wildman–Crippen MR) is 75.2 cm³/mol. The molecular weight excluding hydrogens is 242 g/mol. The molecule has 0 aliphatic heterocycles. The van der Waals surface area contributed by atoms with E-state index < -0.39 is 0 Å². The van der Waals surface area contributed by atoms with Crippen molar-refractivity contribution < 1.29 is 9.47 Å². The standard InChI is InChI=1S/C14H19N3O2/c1-11-10-12(4-5-13(11)19-3)17-8-6-15-14(17)16-7-9-18-2/h4-6,8,10H,7,9H2,1-3H3,(H,15,16). The van der Waals surface area contributed by atoms with Crippen molar-refractivity contribution in [3.63, 3.8) is 0 Å². The molecule has 1 N–H and O–H groups in total. The molecule has 5 heteroatoms. The molecule has 2 aromatic rings. The average molecular weight is 261 g/mol. The van der Waals surface area contributed by atoms with Gasteiger partial charge in [-0.3, -0.25) is 4.57 Å². The van der Waals surface area contributed by atoms with Crippen LogP contribution in [0.2, 0.25) is 0 Å². The van der Waals surface area contributed by atoms with Gasteiger partial charge in [0.1, 0.15) is 5.75 Å². The molecule has 0 spiro atoms. The Morgan fingerprint density at radius 3 is 2.84 bits per heavy atom. The number of methoxy groups -OCH3 is 2. The van der Waals surface area contributed by atoms with Gasteiger partial charge < -0.3 is 14.8 Å². The second kappa shape index (κ2) is 6.24. The fourth-order valence-corrected chi connectivity index (χ4v) is 1.92. The maximum absolute atomic E-state index is 5.27. The molecule has 1 aromatic heterocycles. The summed E-state index contributed by atoms with van der Waals surface area (Å²) in [5, 5.41) is 3.24. The Hall–Kier alpha value is -2.01. The van der Waals surface area contributed by atoms with Crippen molar-refractivity contribution in [3.8, 4) is 11.4 Å². The Kier molecular flexibility index (Phi) is 4.41. The molecule has 102 valence electrons. The van der Waals surface area contributed by atoms with Crippen LogP contribution in [0.25, 0.3) is 5.69 Å². The second-order valence-corrected chi connectivity index (χ2v) is 4.19. The predicted octanol–water partition coefficient (Wildman–Crippen LogP) is 2.25. The lowest BCUT2D eigenvalue weighted by Gasteiger charge is -2.11. The molecule has 5 nitrogen and oxygen atoms in total. The molecule has 0 bridgehead atoms. The Labute approximate surface area is 113 Å². The van der Waals surface area contributed by atoms with Crippen LogP contribution in [-0.2, 0) is 4.74 Å². The van der Waals surface area contributed by atoms with E-state index >= 15 is 0 Å². The van der Waals surface area contributed by atoms with Crippen molar-refractivity contribution in [1.82, 2.24) is 9.55 Å². The highest BCUT2D eigenvalue weighted by molar-refractivity contribution is 5.47. The molecule has 0 fully saturated rings. The summed E-state index contributed by atoms with van der Waals surface area (Å²) in [5.41, 5.74) is 2.15. The third-order valence-electron chi connectivity index (χ3n) is 2.89. The molecular formula is C14H19N3O2. The quantitative estimate of drug-likeness (QED) is 0.810. The third-order valence-corrected chi connectivity index (χ3v) is 2.89. The number of aryl methyl sites for hydroxylation is 1. The van der Waals surface area contributed by atoms with Gasteiger partial charge in [-0.1, -0.05) is 0 Å². The lowest BCUT2D eigenvalue weighted by Crippen LogP contribution is -2.11. The van der Waals surface area contributed by atoms with E-state index in [-0.39, 0.29) is 0 Å². The zero-order chi connectivity index (χ0) is 13.7. The topological polar surface area (TPSA) is 48.3 Å².